The van der Waals surface area contributed by atoms with Gasteiger partial charge in [-0.3, -0.25) is 4.79 Å². The Morgan fingerprint density at radius 2 is 1.52 bits per heavy atom. The normalized spacial score (nSPS) is 28.1. The topological polar surface area (TPSA) is 32.3 Å². The van der Waals surface area contributed by atoms with E-state index in [4.69, 9.17) is 0 Å². The van der Waals surface area contributed by atoms with Crippen LogP contribution in [0.15, 0.2) is 60.7 Å². The van der Waals surface area contributed by atoms with Gasteiger partial charge in [-0.1, -0.05) is 42.0 Å². The van der Waals surface area contributed by atoms with Crippen molar-refractivity contribution in [2.24, 2.45) is 11.8 Å². The molecule has 146 valence electrons. The van der Waals surface area contributed by atoms with E-state index < -0.39 is 0 Å². The summed E-state index contributed by atoms with van der Waals surface area (Å²) in [6.45, 7) is 4.37. The van der Waals surface area contributed by atoms with Crippen molar-refractivity contribution in [3.05, 3.63) is 83.0 Å². The van der Waals surface area contributed by atoms with E-state index in [9.17, 15) is 4.79 Å². The molecule has 0 aromatic heterocycles. The van der Waals surface area contributed by atoms with Crippen molar-refractivity contribution in [2.45, 2.75) is 31.6 Å². The molecule has 2 aromatic carbocycles. The van der Waals surface area contributed by atoms with Gasteiger partial charge >= 0.3 is 0 Å². The third-order valence-corrected chi connectivity index (χ3v) is 7.26. The maximum Gasteiger partial charge on any atom is 0.255 e. The number of nitrogens with zero attached hydrogens (tertiary/aromatic N) is 1. The summed E-state index contributed by atoms with van der Waals surface area (Å²) < 4.78 is 0. The minimum atomic E-state index is -0.0300. The lowest BCUT2D eigenvalue weighted by Crippen LogP contribution is -2.43. The molecule has 2 aromatic rings. The number of fused-ring (bicyclic) bond motifs is 4. The Morgan fingerprint density at radius 1 is 0.931 bits per heavy atom. The van der Waals surface area contributed by atoms with Crippen LogP contribution in [-0.2, 0) is 0 Å². The monoisotopic (exact) mass is 382 g/mol. The smallest absolute Gasteiger partial charge is 0.255 e. The highest BCUT2D eigenvalue weighted by atomic mass is 16.1. The Labute approximate surface area is 172 Å². The van der Waals surface area contributed by atoms with E-state index in [1.165, 1.54) is 29.7 Å². The van der Waals surface area contributed by atoms with E-state index in [2.05, 4.69) is 46.7 Å². The molecule has 6 rings (SSSR count). The molecule has 4 atom stereocenters. The molecule has 1 N–H and O–H groups in total. The number of hydrogen-bond acceptors (Lipinski definition) is 2. The van der Waals surface area contributed by atoms with E-state index >= 15 is 0 Å². The number of allylic oxidation sites excluding steroid dienone is 4. The molecule has 29 heavy (non-hydrogen) atoms. The first-order valence-corrected chi connectivity index (χ1v) is 10.8. The first-order chi connectivity index (χ1) is 14.2. The second-order valence-corrected chi connectivity index (χ2v) is 9.13. The van der Waals surface area contributed by atoms with Crippen LogP contribution >= 0.6 is 0 Å². The van der Waals surface area contributed by atoms with Gasteiger partial charge < -0.3 is 10.2 Å². The van der Waals surface area contributed by atoms with Crippen molar-refractivity contribution in [3.63, 3.8) is 0 Å². The molecule has 3 heteroatoms. The van der Waals surface area contributed by atoms with Crippen LogP contribution in [0.25, 0.3) is 0 Å². The van der Waals surface area contributed by atoms with E-state index in [-0.39, 0.29) is 5.91 Å². The molecule has 0 saturated heterocycles. The summed E-state index contributed by atoms with van der Waals surface area (Å²) in [5.74, 6) is 2.28. The van der Waals surface area contributed by atoms with Gasteiger partial charge in [0.25, 0.3) is 5.91 Å². The van der Waals surface area contributed by atoms with Crippen LogP contribution < -0.4 is 10.2 Å². The summed E-state index contributed by atoms with van der Waals surface area (Å²) in [5.41, 5.74) is 7.07. The second kappa shape index (κ2) is 6.35. The zero-order chi connectivity index (χ0) is 19.5. The minimum Gasteiger partial charge on any atom is -0.370 e. The van der Waals surface area contributed by atoms with Gasteiger partial charge in [-0.2, -0.15) is 0 Å². The molecule has 4 aliphatic rings. The van der Waals surface area contributed by atoms with E-state index in [1.54, 1.807) is 0 Å². The van der Waals surface area contributed by atoms with Crippen LogP contribution in [-0.4, -0.2) is 19.0 Å². The van der Waals surface area contributed by atoms with E-state index in [1.807, 2.05) is 31.2 Å². The molecule has 2 aliphatic heterocycles. The quantitative estimate of drug-likeness (QED) is 0.705. The molecule has 0 spiro atoms. The van der Waals surface area contributed by atoms with Crippen molar-refractivity contribution in [2.75, 3.05) is 23.3 Å². The Bertz CT molecular complexity index is 998. The SMILES string of the molecule is Cc1ccc(C(=O)Nc2cc3c4c(c2)[C@@H]2C=CC[C@@H]2CN4C[C@H]2CC=C[C@H]32)cc1. The Hall–Kier alpha value is -2.81. The summed E-state index contributed by atoms with van der Waals surface area (Å²) in [6, 6.07) is 12.3. The molecule has 0 bridgehead atoms. The average molecular weight is 383 g/mol. The van der Waals surface area contributed by atoms with Gasteiger partial charge in [0.05, 0.1) is 0 Å². The largest absolute Gasteiger partial charge is 0.370 e. The Balaban J connectivity index is 1.43. The standard InChI is InChI=1S/C26H26N2O/c1-16-8-10-17(11-9-16)26(29)27-20-12-23-21-6-2-4-18(21)14-28-15-19-5-3-7-22(19)24(13-20)25(23)28/h2-3,6-13,18-19,21-22H,4-5,14-15H2,1H3,(H,27,29)/t18-,19-,21-,22+/m1/s1. The van der Waals surface area contributed by atoms with Gasteiger partial charge in [0.15, 0.2) is 0 Å². The summed E-state index contributed by atoms with van der Waals surface area (Å²) in [5, 5.41) is 3.20. The third kappa shape index (κ3) is 2.67. The van der Waals surface area contributed by atoms with Crippen molar-refractivity contribution < 1.29 is 4.79 Å². The number of hydrogen-bond donors (Lipinski definition) is 1. The number of benzene rings is 2. The molecule has 1 amide bonds. The molecular weight excluding hydrogens is 356 g/mol. The maximum absolute atomic E-state index is 12.9. The first kappa shape index (κ1) is 17.1. The van der Waals surface area contributed by atoms with Crippen molar-refractivity contribution in [1.82, 2.24) is 0 Å². The van der Waals surface area contributed by atoms with Crippen molar-refractivity contribution in [1.29, 1.82) is 0 Å². The lowest BCUT2D eigenvalue weighted by Gasteiger charge is -2.46. The number of aryl methyl sites for hydroxylation is 1. The van der Waals surface area contributed by atoms with Crippen LogP contribution in [0.1, 0.15) is 51.7 Å². The van der Waals surface area contributed by atoms with E-state index in [0.717, 1.165) is 24.3 Å². The highest BCUT2D eigenvalue weighted by molar-refractivity contribution is 6.04. The zero-order valence-electron chi connectivity index (χ0n) is 16.8. The van der Waals surface area contributed by atoms with Gasteiger partial charge in [0.1, 0.15) is 0 Å². The van der Waals surface area contributed by atoms with Gasteiger partial charge in [0, 0.05) is 41.9 Å². The van der Waals surface area contributed by atoms with Gasteiger partial charge in [-0.05, 0) is 67.0 Å². The fraction of sp³-hybridized carbons (Fsp3) is 0.346. The number of carbonyl (C=O) groups excluding carboxylic acids is 1. The lowest BCUT2D eigenvalue weighted by atomic mass is 9.75. The average Bonchev–Trinajstić information content (AvgIpc) is 3.38. The Kier molecular flexibility index (Phi) is 3.74. The van der Waals surface area contributed by atoms with Gasteiger partial charge in [-0.15, -0.1) is 0 Å². The molecule has 0 saturated carbocycles. The predicted molar refractivity (Wildman–Crippen MR) is 118 cm³/mol. The van der Waals surface area contributed by atoms with E-state index in [0.29, 0.717) is 29.2 Å². The third-order valence-electron chi connectivity index (χ3n) is 7.26. The Morgan fingerprint density at radius 3 is 2.10 bits per heavy atom. The zero-order valence-corrected chi connectivity index (χ0v) is 16.8. The number of anilines is 2. The molecule has 2 aliphatic carbocycles. The number of carbonyl (C=O) groups is 1. The summed E-state index contributed by atoms with van der Waals surface area (Å²) in [7, 11) is 0. The van der Waals surface area contributed by atoms with Crippen molar-refractivity contribution in [3.8, 4) is 0 Å². The lowest BCUT2D eigenvalue weighted by molar-refractivity contribution is 0.102. The molecule has 0 unspecified atom stereocenters. The fourth-order valence-corrected chi connectivity index (χ4v) is 5.86. The summed E-state index contributed by atoms with van der Waals surface area (Å²) in [6.07, 6.45) is 11.8. The minimum absolute atomic E-state index is 0.0300. The predicted octanol–water partition coefficient (Wildman–Crippen LogP) is 5.40. The molecular formula is C26H26N2O. The van der Waals surface area contributed by atoms with Gasteiger partial charge in [0.2, 0.25) is 0 Å². The molecule has 2 heterocycles. The number of nitrogens with one attached hydrogen (secondary N) is 1. The van der Waals surface area contributed by atoms with Crippen molar-refractivity contribution >= 4 is 17.3 Å². The molecule has 0 radical (unpaired) electrons. The maximum atomic E-state index is 12.9. The molecule has 0 fully saturated rings. The second-order valence-electron chi connectivity index (χ2n) is 9.13. The highest BCUT2D eigenvalue weighted by Gasteiger charge is 2.42. The van der Waals surface area contributed by atoms with Gasteiger partial charge in [-0.25, -0.2) is 0 Å². The first-order valence-electron chi connectivity index (χ1n) is 10.8. The summed E-state index contributed by atoms with van der Waals surface area (Å²) >= 11 is 0. The van der Waals surface area contributed by atoms with Crippen LogP contribution in [0.3, 0.4) is 0 Å². The fourth-order valence-electron chi connectivity index (χ4n) is 5.86. The van der Waals surface area contributed by atoms with Crippen LogP contribution in [0, 0.1) is 18.8 Å². The summed E-state index contributed by atoms with van der Waals surface area (Å²) in [4.78, 5) is 15.5. The van der Waals surface area contributed by atoms with Crippen LogP contribution in [0.2, 0.25) is 0 Å². The molecule has 3 nitrogen and oxygen atoms in total. The van der Waals surface area contributed by atoms with Crippen LogP contribution in [0.5, 0.6) is 0 Å². The highest BCUT2D eigenvalue weighted by Crippen LogP contribution is 2.53. The van der Waals surface area contributed by atoms with Crippen LogP contribution in [0.4, 0.5) is 11.4 Å². The number of amides is 1. The number of rotatable bonds is 2.